The minimum Gasteiger partial charge on any atom is -0.465 e. The van der Waals surface area contributed by atoms with E-state index in [0.717, 1.165) is 0 Å². The number of esters is 1. The predicted octanol–water partition coefficient (Wildman–Crippen LogP) is 2.57. The normalized spacial score (nSPS) is 12.1. The van der Waals surface area contributed by atoms with Crippen LogP contribution in [-0.4, -0.2) is 27.7 Å². The molecule has 0 aliphatic rings. The third-order valence-electron chi connectivity index (χ3n) is 3.89. The number of fused-ring (bicyclic) bond motifs is 1. The van der Waals surface area contributed by atoms with Gasteiger partial charge in [0.15, 0.2) is 0 Å². The molecule has 3 aromatic rings. The first-order valence-corrected chi connectivity index (χ1v) is 7.89. The number of aliphatic hydroxyl groups is 1. The summed E-state index contributed by atoms with van der Waals surface area (Å²) in [6.07, 6.45) is 0.443. The van der Waals surface area contributed by atoms with Crippen molar-refractivity contribution in [2.24, 2.45) is 0 Å². The minimum absolute atomic E-state index is 0.0184. The Morgan fingerprint density at radius 2 is 2.00 bits per heavy atom. The maximum absolute atomic E-state index is 12.6. The van der Waals surface area contributed by atoms with E-state index >= 15 is 0 Å². The van der Waals surface area contributed by atoms with Crippen LogP contribution < -0.4 is 5.56 Å². The number of benzene rings is 2. The number of rotatable bonds is 4. The second kappa shape index (κ2) is 7.04. The number of aromatic nitrogens is 2. The van der Waals surface area contributed by atoms with Crippen LogP contribution in [0.25, 0.3) is 10.9 Å². The van der Waals surface area contributed by atoms with E-state index in [2.05, 4.69) is 9.72 Å². The van der Waals surface area contributed by atoms with E-state index in [-0.39, 0.29) is 12.1 Å². The molecule has 0 fully saturated rings. The molecule has 0 spiro atoms. The zero-order chi connectivity index (χ0) is 18.0. The summed E-state index contributed by atoms with van der Waals surface area (Å²) in [5.74, 6) is -0.453. The highest BCUT2D eigenvalue weighted by atomic mass is 35.5. The SMILES string of the molecule is COC(=O)c1ccc(C(O)Cn2cnc3cccc(Cl)c3c2=O)cc1. The molecule has 2 aromatic carbocycles. The summed E-state index contributed by atoms with van der Waals surface area (Å²) in [7, 11) is 1.30. The molecule has 128 valence electrons. The van der Waals surface area contributed by atoms with Crippen molar-refractivity contribution >= 4 is 28.5 Å². The first-order chi connectivity index (χ1) is 12.0. The van der Waals surface area contributed by atoms with E-state index in [1.807, 2.05) is 0 Å². The Hall–Kier alpha value is -2.70. The zero-order valence-corrected chi connectivity index (χ0v) is 14.1. The molecule has 0 amide bonds. The second-order valence-corrected chi connectivity index (χ2v) is 5.87. The van der Waals surface area contributed by atoms with Crippen molar-refractivity contribution < 1.29 is 14.6 Å². The molecule has 1 N–H and O–H groups in total. The van der Waals surface area contributed by atoms with Gasteiger partial charge in [-0.1, -0.05) is 29.8 Å². The number of hydrogen-bond acceptors (Lipinski definition) is 5. The van der Waals surface area contributed by atoms with Crippen LogP contribution in [0.1, 0.15) is 22.0 Å². The highest BCUT2D eigenvalue weighted by molar-refractivity contribution is 6.35. The fraction of sp³-hybridized carbons (Fsp3) is 0.167. The molecule has 0 saturated heterocycles. The largest absolute Gasteiger partial charge is 0.465 e. The first kappa shape index (κ1) is 17.1. The van der Waals surface area contributed by atoms with Crippen LogP contribution in [0.3, 0.4) is 0 Å². The lowest BCUT2D eigenvalue weighted by Gasteiger charge is -2.14. The van der Waals surface area contributed by atoms with E-state index in [9.17, 15) is 14.7 Å². The van der Waals surface area contributed by atoms with E-state index in [1.165, 1.54) is 18.0 Å². The van der Waals surface area contributed by atoms with Gasteiger partial charge in [-0.3, -0.25) is 9.36 Å². The number of aliphatic hydroxyl groups excluding tert-OH is 1. The van der Waals surface area contributed by atoms with Crippen molar-refractivity contribution in [2.45, 2.75) is 12.6 Å². The quantitative estimate of drug-likeness (QED) is 0.725. The van der Waals surface area contributed by atoms with Crippen LogP contribution in [0.15, 0.2) is 53.6 Å². The molecule has 0 bridgehead atoms. The fourth-order valence-electron chi connectivity index (χ4n) is 2.54. The standard InChI is InChI=1S/C18H15ClN2O4/c1-25-18(24)12-7-5-11(6-8-12)15(22)9-21-10-20-14-4-2-3-13(19)16(14)17(21)23/h2-8,10,15,22H,9H2,1H3. The molecule has 0 aliphatic heterocycles. The summed E-state index contributed by atoms with van der Waals surface area (Å²) < 4.78 is 5.95. The van der Waals surface area contributed by atoms with Gasteiger partial charge in [-0.2, -0.15) is 0 Å². The Morgan fingerprint density at radius 1 is 1.28 bits per heavy atom. The summed E-state index contributed by atoms with van der Waals surface area (Å²) in [6, 6.07) is 11.4. The number of carbonyl (C=O) groups is 1. The molecule has 0 saturated carbocycles. The molecule has 3 rings (SSSR count). The van der Waals surface area contributed by atoms with Crippen molar-refractivity contribution in [3.63, 3.8) is 0 Å². The van der Waals surface area contributed by atoms with Crippen LogP contribution in [-0.2, 0) is 11.3 Å². The maximum Gasteiger partial charge on any atom is 0.337 e. The van der Waals surface area contributed by atoms with Crippen LogP contribution in [0.5, 0.6) is 0 Å². The van der Waals surface area contributed by atoms with Crippen LogP contribution in [0, 0.1) is 0 Å². The Labute approximate surface area is 148 Å². The van der Waals surface area contributed by atoms with Crippen molar-refractivity contribution in [1.29, 1.82) is 0 Å². The van der Waals surface area contributed by atoms with Crippen molar-refractivity contribution in [3.05, 3.63) is 75.3 Å². The smallest absolute Gasteiger partial charge is 0.337 e. The second-order valence-electron chi connectivity index (χ2n) is 5.47. The topological polar surface area (TPSA) is 81.4 Å². The van der Waals surface area contributed by atoms with Gasteiger partial charge in [-0.05, 0) is 29.8 Å². The van der Waals surface area contributed by atoms with Gasteiger partial charge in [0.05, 0.1) is 47.6 Å². The fourth-order valence-corrected chi connectivity index (χ4v) is 2.79. The van der Waals surface area contributed by atoms with E-state index in [4.69, 9.17) is 11.6 Å². The molecule has 1 heterocycles. The van der Waals surface area contributed by atoms with Gasteiger partial charge < -0.3 is 9.84 Å². The number of ether oxygens (including phenoxy) is 1. The summed E-state index contributed by atoms with van der Waals surface area (Å²) >= 11 is 6.09. The van der Waals surface area contributed by atoms with Crippen LogP contribution in [0.4, 0.5) is 0 Å². The number of hydrogen-bond donors (Lipinski definition) is 1. The van der Waals surface area contributed by atoms with Gasteiger partial charge in [0.25, 0.3) is 5.56 Å². The van der Waals surface area contributed by atoms with Crippen molar-refractivity contribution in [3.8, 4) is 0 Å². The van der Waals surface area contributed by atoms with E-state index in [0.29, 0.717) is 27.1 Å². The third kappa shape index (κ3) is 3.40. The van der Waals surface area contributed by atoms with Crippen LogP contribution in [0.2, 0.25) is 5.02 Å². The van der Waals surface area contributed by atoms with Gasteiger partial charge in [0.2, 0.25) is 0 Å². The first-order valence-electron chi connectivity index (χ1n) is 7.51. The van der Waals surface area contributed by atoms with Gasteiger partial charge in [0.1, 0.15) is 0 Å². The molecular formula is C18H15ClN2O4. The number of carbonyl (C=O) groups excluding carboxylic acids is 1. The molecule has 6 nitrogen and oxygen atoms in total. The minimum atomic E-state index is -0.939. The maximum atomic E-state index is 12.6. The van der Waals surface area contributed by atoms with Gasteiger partial charge in [-0.25, -0.2) is 9.78 Å². The predicted molar refractivity (Wildman–Crippen MR) is 93.8 cm³/mol. The Morgan fingerprint density at radius 3 is 2.68 bits per heavy atom. The molecule has 0 aliphatic carbocycles. The number of nitrogens with zero attached hydrogens (tertiary/aromatic N) is 2. The molecule has 1 atom stereocenters. The highest BCUT2D eigenvalue weighted by Crippen LogP contribution is 2.19. The molecular weight excluding hydrogens is 344 g/mol. The number of halogens is 1. The Bertz CT molecular complexity index is 983. The highest BCUT2D eigenvalue weighted by Gasteiger charge is 2.14. The van der Waals surface area contributed by atoms with Crippen molar-refractivity contribution in [2.75, 3.05) is 7.11 Å². The zero-order valence-electron chi connectivity index (χ0n) is 13.3. The summed E-state index contributed by atoms with van der Waals surface area (Å²) in [4.78, 5) is 28.2. The van der Waals surface area contributed by atoms with Crippen molar-refractivity contribution in [1.82, 2.24) is 9.55 Å². The van der Waals surface area contributed by atoms with E-state index in [1.54, 1.807) is 42.5 Å². The average molecular weight is 359 g/mol. The third-order valence-corrected chi connectivity index (χ3v) is 4.20. The molecule has 1 unspecified atom stereocenters. The lowest BCUT2D eigenvalue weighted by atomic mass is 10.1. The van der Waals surface area contributed by atoms with E-state index < -0.39 is 12.1 Å². The Balaban J connectivity index is 1.88. The molecule has 7 heteroatoms. The molecule has 25 heavy (non-hydrogen) atoms. The van der Waals surface area contributed by atoms with Crippen LogP contribution >= 0.6 is 11.6 Å². The molecule has 1 aromatic heterocycles. The summed E-state index contributed by atoms with van der Waals surface area (Å²) in [6.45, 7) is 0.0184. The summed E-state index contributed by atoms with van der Waals surface area (Å²) in [5, 5.41) is 11.0. The Kier molecular flexibility index (Phi) is 4.83. The van der Waals surface area contributed by atoms with Gasteiger partial charge >= 0.3 is 5.97 Å². The lowest BCUT2D eigenvalue weighted by molar-refractivity contribution is 0.0600. The average Bonchev–Trinajstić information content (AvgIpc) is 2.63. The molecule has 0 radical (unpaired) electrons. The van der Waals surface area contributed by atoms with Gasteiger partial charge in [0, 0.05) is 0 Å². The monoisotopic (exact) mass is 358 g/mol. The van der Waals surface area contributed by atoms with Gasteiger partial charge in [-0.15, -0.1) is 0 Å². The summed E-state index contributed by atoms with van der Waals surface area (Å²) in [5.41, 5.74) is 1.14. The lowest BCUT2D eigenvalue weighted by Crippen LogP contribution is -2.24. The number of methoxy groups -OCH3 is 1.